The van der Waals surface area contributed by atoms with Gasteiger partial charge in [0.15, 0.2) is 0 Å². The van der Waals surface area contributed by atoms with E-state index < -0.39 is 5.60 Å². The lowest BCUT2D eigenvalue weighted by Crippen LogP contribution is -2.43. The van der Waals surface area contributed by atoms with E-state index in [0.29, 0.717) is 5.92 Å². The predicted molar refractivity (Wildman–Crippen MR) is 77.7 cm³/mol. The van der Waals surface area contributed by atoms with Crippen LogP contribution in [-0.2, 0) is 0 Å². The molecule has 0 heterocycles. The van der Waals surface area contributed by atoms with E-state index in [-0.39, 0.29) is 5.41 Å². The molecule has 1 fully saturated rings. The molecule has 1 rings (SSSR count). The molecule has 1 aliphatic carbocycles. The van der Waals surface area contributed by atoms with Gasteiger partial charge in [0.25, 0.3) is 0 Å². The van der Waals surface area contributed by atoms with Crippen LogP contribution in [0.25, 0.3) is 0 Å². The summed E-state index contributed by atoms with van der Waals surface area (Å²) in [5.74, 6) is 1.48. The average molecular weight is 259 g/mol. The highest BCUT2D eigenvalue weighted by Gasteiger charge is 2.33. The second-order valence-electron chi connectivity index (χ2n) is 6.87. The van der Waals surface area contributed by atoms with Gasteiger partial charge in [-0.3, -0.25) is 0 Å². The van der Waals surface area contributed by atoms with E-state index in [1.807, 2.05) is 0 Å². The molecule has 0 radical (unpaired) electrons. The maximum absolute atomic E-state index is 10.4. The molecule has 0 aromatic carbocycles. The molecule has 102 valence electrons. The lowest BCUT2D eigenvalue weighted by Gasteiger charge is -2.35. The van der Waals surface area contributed by atoms with Gasteiger partial charge in [0.1, 0.15) is 0 Å². The van der Waals surface area contributed by atoms with E-state index in [2.05, 4.69) is 45.3 Å². The van der Waals surface area contributed by atoms with Crippen LogP contribution in [0.15, 0.2) is 0 Å². The molecule has 3 heteroatoms. The Labute approximate surface area is 112 Å². The van der Waals surface area contributed by atoms with Gasteiger partial charge in [-0.1, -0.05) is 33.6 Å². The Morgan fingerprint density at radius 3 is 2.24 bits per heavy atom. The highest BCUT2D eigenvalue weighted by molar-refractivity contribution is 7.80. The number of likely N-dealkylation sites (N-methyl/N-ethyl adjacent to an activating group) is 1. The highest BCUT2D eigenvalue weighted by Crippen LogP contribution is 2.31. The SMILES string of the molecule is CN(CC(CS)C(C)(C)C)CC1(O)CCCC1. The molecule has 17 heavy (non-hydrogen) atoms. The van der Waals surface area contributed by atoms with Crippen molar-refractivity contribution in [2.45, 2.75) is 52.1 Å². The van der Waals surface area contributed by atoms with E-state index in [1.165, 1.54) is 12.8 Å². The first-order chi connectivity index (χ1) is 7.77. The van der Waals surface area contributed by atoms with Gasteiger partial charge in [0.05, 0.1) is 5.60 Å². The Balaban J connectivity index is 2.45. The van der Waals surface area contributed by atoms with Crippen molar-refractivity contribution in [3.05, 3.63) is 0 Å². The Hall–Kier alpha value is 0.270. The molecular weight excluding hydrogens is 230 g/mol. The number of nitrogens with zero attached hydrogens (tertiary/aromatic N) is 1. The van der Waals surface area contributed by atoms with Crippen molar-refractivity contribution in [2.24, 2.45) is 11.3 Å². The van der Waals surface area contributed by atoms with Crippen molar-refractivity contribution in [1.29, 1.82) is 0 Å². The van der Waals surface area contributed by atoms with Crippen LogP contribution < -0.4 is 0 Å². The van der Waals surface area contributed by atoms with Crippen molar-refractivity contribution in [2.75, 3.05) is 25.9 Å². The van der Waals surface area contributed by atoms with Gasteiger partial charge >= 0.3 is 0 Å². The summed E-state index contributed by atoms with van der Waals surface area (Å²) in [4.78, 5) is 2.29. The molecule has 1 atom stereocenters. The number of rotatable bonds is 5. The van der Waals surface area contributed by atoms with Crippen molar-refractivity contribution in [3.8, 4) is 0 Å². The van der Waals surface area contributed by atoms with Crippen LogP contribution in [0.2, 0.25) is 0 Å². The molecule has 1 unspecified atom stereocenters. The van der Waals surface area contributed by atoms with Crippen molar-refractivity contribution in [1.82, 2.24) is 4.90 Å². The second kappa shape index (κ2) is 5.94. The summed E-state index contributed by atoms with van der Waals surface area (Å²) in [5.41, 5.74) is -0.137. The van der Waals surface area contributed by atoms with E-state index >= 15 is 0 Å². The first-order valence-electron chi connectivity index (χ1n) is 6.79. The smallest absolute Gasteiger partial charge is 0.0774 e. The molecule has 2 nitrogen and oxygen atoms in total. The molecule has 0 aromatic heterocycles. The standard InChI is InChI=1S/C14H29NOS/c1-13(2,3)12(10-17)9-15(4)11-14(16)7-5-6-8-14/h12,16-17H,5-11H2,1-4H3. The van der Waals surface area contributed by atoms with E-state index in [9.17, 15) is 5.11 Å². The predicted octanol–water partition coefficient (Wildman–Crippen LogP) is 2.82. The van der Waals surface area contributed by atoms with Crippen molar-refractivity contribution < 1.29 is 5.11 Å². The quantitative estimate of drug-likeness (QED) is 0.742. The maximum Gasteiger partial charge on any atom is 0.0774 e. The highest BCUT2D eigenvalue weighted by atomic mass is 32.1. The molecule has 1 N–H and O–H groups in total. The zero-order valence-corrected chi connectivity index (χ0v) is 12.8. The minimum atomic E-state index is -0.423. The van der Waals surface area contributed by atoms with Crippen LogP contribution in [0, 0.1) is 11.3 Å². The van der Waals surface area contributed by atoms with Crippen molar-refractivity contribution in [3.63, 3.8) is 0 Å². The third-order valence-electron chi connectivity index (χ3n) is 4.08. The monoisotopic (exact) mass is 259 g/mol. The summed E-state index contributed by atoms with van der Waals surface area (Å²) in [6.45, 7) is 8.65. The third kappa shape index (κ3) is 4.80. The van der Waals surface area contributed by atoms with E-state index in [1.54, 1.807) is 0 Å². The van der Waals surface area contributed by atoms with Crippen LogP contribution in [-0.4, -0.2) is 41.5 Å². The van der Waals surface area contributed by atoms with Gasteiger partial charge in [0, 0.05) is 13.1 Å². The molecule has 0 saturated heterocycles. The molecule has 0 amide bonds. The van der Waals surface area contributed by atoms with Crippen LogP contribution >= 0.6 is 12.6 Å². The first-order valence-corrected chi connectivity index (χ1v) is 7.42. The Kier molecular flexibility index (Phi) is 5.36. The second-order valence-corrected chi connectivity index (χ2v) is 7.24. The summed E-state index contributed by atoms with van der Waals surface area (Å²) < 4.78 is 0. The van der Waals surface area contributed by atoms with Crippen LogP contribution in [0.3, 0.4) is 0 Å². The number of hydrogen-bond acceptors (Lipinski definition) is 3. The molecule has 0 aliphatic heterocycles. The average Bonchev–Trinajstić information content (AvgIpc) is 2.59. The normalized spacial score (nSPS) is 22.1. The topological polar surface area (TPSA) is 23.5 Å². The summed E-state index contributed by atoms with van der Waals surface area (Å²) in [6.07, 6.45) is 4.30. The van der Waals surface area contributed by atoms with Gasteiger partial charge < -0.3 is 10.0 Å². The zero-order valence-electron chi connectivity index (χ0n) is 11.9. The molecule has 0 spiro atoms. The molecule has 1 aliphatic rings. The number of thiol groups is 1. The lowest BCUT2D eigenvalue weighted by atomic mass is 9.81. The number of hydrogen-bond donors (Lipinski definition) is 2. The Morgan fingerprint density at radius 1 is 1.29 bits per heavy atom. The van der Waals surface area contributed by atoms with Gasteiger partial charge in [-0.2, -0.15) is 12.6 Å². The summed E-state index contributed by atoms with van der Waals surface area (Å²) in [5, 5.41) is 10.4. The van der Waals surface area contributed by atoms with Gasteiger partial charge in [0.2, 0.25) is 0 Å². The number of aliphatic hydroxyl groups is 1. The summed E-state index contributed by atoms with van der Waals surface area (Å²) in [6, 6.07) is 0. The van der Waals surface area contributed by atoms with Gasteiger partial charge in [-0.05, 0) is 37.0 Å². The fraction of sp³-hybridized carbons (Fsp3) is 1.00. The first kappa shape index (κ1) is 15.3. The van der Waals surface area contributed by atoms with Gasteiger partial charge in [-0.25, -0.2) is 0 Å². The molecule has 0 bridgehead atoms. The molecule has 1 saturated carbocycles. The fourth-order valence-corrected chi connectivity index (χ4v) is 3.40. The third-order valence-corrected chi connectivity index (χ3v) is 4.52. The van der Waals surface area contributed by atoms with Gasteiger partial charge in [-0.15, -0.1) is 0 Å². The van der Waals surface area contributed by atoms with Crippen molar-refractivity contribution >= 4 is 12.6 Å². The Bertz CT molecular complexity index is 231. The maximum atomic E-state index is 10.4. The van der Waals surface area contributed by atoms with E-state index in [4.69, 9.17) is 0 Å². The van der Waals surface area contributed by atoms with E-state index in [0.717, 1.165) is 31.7 Å². The largest absolute Gasteiger partial charge is 0.389 e. The Morgan fingerprint density at radius 2 is 1.82 bits per heavy atom. The zero-order chi connectivity index (χ0) is 13.1. The molecule has 0 aromatic rings. The summed E-state index contributed by atoms with van der Waals surface area (Å²) in [7, 11) is 2.12. The van der Waals surface area contributed by atoms with Crippen LogP contribution in [0.4, 0.5) is 0 Å². The fourth-order valence-electron chi connectivity index (χ4n) is 2.74. The van der Waals surface area contributed by atoms with Crippen LogP contribution in [0.5, 0.6) is 0 Å². The minimum Gasteiger partial charge on any atom is -0.389 e. The summed E-state index contributed by atoms with van der Waals surface area (Å²) >= 11 is 4.46. The lowest BCUT2D eigenvalue weighted by molar-refractivity contribution is 0.00926. The van der Waals surface area contributed by atoms with Crippen LogP contribution in [0.1, 0.15) is 46.5 Å². The minimum absolute atomic E-state index is 0.286. The molecular formula is C14H29NOS.